The summed E-state index contributed by atoms with van der Waals surface area (Å²) in [4.78, 5) is 39.3. The van der Waals surface area contributed by atoms with Gasteiger partial charge < -0.3 is 15.7 Å². The monoisotopic (exact) mass is 349 g/mol. The Morgan fingerprint density at radius 2 is 1.72 bits per heavy atom. The van der Waals surface area contributed by atoms with Gasteiger partial charge in [0.25, 0.3) is 0 Å². The highest BCUT2D eigenvalue weighted by molar-refractivity contribution is 5.90. The zero-order chi connectivity index (χ0) is 19.0. The van der Waals surface area contributed by atoms with Gasteiger partial charge in [-0.05, 0) is 36.0 Å². The minimum Gasteiger partial charge on any atom is -0.480 e. The van der Waals surface area contributed by atoms with Crippen LogP contribution in [-0.4, -0.2) is 40.0 Å². The van der Waals surface area contributed by atoms with Gasteiger partial charge in [-0.3, -0.25) is 14.6 Å². The van der Waals surface area contributed by atoms with Gasteiger partial charge in [0, 0.05) is 25.7 Å². The molecule has 2 amide bonds. The minimum atomic E-state index is -1.08. The second-order valence-electron chi connectivity index (χ2n) is 7.31. The Labute approximate surface area is 148 Å². The fourth-order valence-corrected chi connectivity index (χ4v) is 2.32. The number of rotatable bonds is 8. The van der Waals surface area contributed by atoms with Crippen LogP contribution in [0.1, 0.15) is 46.1 Å². The summed E-state index contributed by atoms with van der Waals surface area (Å²) < 4.78 is 0. The molecule has 25 heavy (non-hydrogen) atoms. The molecule has 138 valence electrons. The summed E-state index contributed by atoms with van der Waals surface area (Å²) in [7, 11) is 0. The van der Waals surface area contributed by atoms with Crippen LogP contribution >= 0.6 is 0 Å². The van der Waals surface area contributed by atoms with E-state index in [1.54, 1.807) is 24.5 Å². The van der Waals surface area contributed by atoms with Crippen molar-refractivity contribution in [2.75, 3.05) is 0 Å². The summed E-state index contributed by atoms with van der Waals surface area (Å²) in [6, 6.07) is 1.67. The molecule has 1 rings (SSSR count). The number of nitrogens with zero attached hydrogens (tertiary/aromatic N) is 1. The van der Waals surface area contributed by atoms with Crippen molar-refractivity contribution in [3.8, 4) is 0 Å². The van der Waals surface area contributed by atoms with E-state index >= 15 is 0 Å². The molecule has 0 saturated heterocycles. The van der Waals surface area contributed by atoms with E-state index in [1.807, 2.05) is 20.8 Å². The Hall–Kier alpha value is -2.44. The van der Waals surface area contributed by atoms with Crippen molar-refractivity contribution in [2.45, 2.75) is 59.0 Å². The fourth-order valence-electron chi connectivity index (χ4n) is 2.32. The smallest absolute Gasteiger partial charge is 0.326 e. The second-order valence-corrected chi connectivity index (χ2v) is 7.31. The topological polar surface area (TPSA) is 108 Å². The van der Waals surface area contributed by atoms with Gasteiger partial charge in [-0.1, -0.05) is 20.8 Å². The third-order valence-electron chi connectivity index (χ3n) is 3.68. The summed E-state index contributed by atoms with van der Waals surface area (Å²) in [5.41, 5.74) is 0.789. The van der Waals surface area contributed by atoms with E-state index in [4.69, 9.17) is 0 Å². The minimum absolute atomic E-state index is 0.0352. The third kappa shape index (κ3) is 8.28. The quantitative estimate of drug-likeness (QED) is 0.659. The number of carboxylic acid groups (broad SMARTS) is 1. The van der Waals surface area contributed by atoms with Crippen molar-refractivity contribution < 1.29 is 19.5 Å². The highest BCUT2D eigenvalue weighted by Gasteiger charge is 2.27. The molecule has 0 fully saturated rings. The van der Waals surface area contributed by atoms with E-state index in [9.17, 15) is 19.5 Å². The molecular formula is C18H27N3O4. The van der Waals surface area contributed by atoms with Crippen LogP contribution in [0.5, 0.6) is 0 Å². The number of aromatic nitrogens is 1. The molecule has 7 nitrogen and oxygen atoms in total. The van der Waals surface area contributed by atoms with Crippen LogP contribution in [-0.2, 0) is 20.8 Å². The fraction of sp³-hybridized carbons (Fsp3) is 0.556. The molecule has 0 radical (unpaired) electrons. The average molecular weight is 349 g/mol. The van der Waals surface area contributed by atoms with Crippen LogP contribution in [0, 0.1) is 5.41 Å². The number of nitrogens with one attached hydrogen (secondary N) is 2. The highest BCUT2D eigenvalue weighted by atomic mass is 16.4. The molecule has 0 aliphatic carbocycles. The first kappa shape index (κ1) is 20.6. The van der Waals surface area contributed by atoms with Crippen LogP contribution in [0.4, 0.5) is 0 Å². The standard InChI is InChI=1S/C18H27N3O4/c1-12(22)20-15(11-13-6-9-19-10-7-13)16(23)21-14(17(24)25)5-8-18(2,3)4/h6-7,9-10,14-15H,5,8,11H2,1-4H3,(H,20,22)(H,21,23)(H,24,25). The Kier molecular flexibility index (Phi) is 7.54. The molecule has 0 aliphatic rings. The number of pyridine rings is 1. The van der Waals surface area contributed by atoms with Gasteiger partial charge >= 0.3 is 5.97 Å². The SMILES string of the molecule is CC(=O)NC(Cc1ccncc1)C(=O)NC(CCC(C)(C)C)C(=O)O. The number of carboxylic acids is 1. The number of hydrogen-bond donors (Lipinski definition) is 3. The van der Waals surface area contributed by atoms with Crippen LogP contribution in [0.3, 0.4) is 0 Å². The molecule has 1 aromatic heterocycles. The first-order valence-electron chi connectivity index (χ1n) is 8.27. The maximum atomic E-state index is 12.5. The number of carbonyl (C=O) groups is 3. The lowest BCUT2D eigenvalue weighted by Gasteiger charge is -2.24. The summed E-state index contributed by atoms with van der Waals surface area (Å²) >= 11 is 0. The van der Waals surface area contributed by atoms with Gasteiger partial charge in [0.05, 0.1) is 0 Å². The summed E-state index contributed by atoms with van der Waals surface area (Å²) in [6.45, 7) is 7.35. The van der Waals surface area contributed by atoms with Gasteiger partial charge in [0.2, 0.25) is 11.8 Å². The van der Waals surface area contributed by atoms with Crippen molar-refractivity contribution in [1.29, 1.82) is 0 Å². The molecule has 0 aromatic carbocycles. The maximum Gasteiger partial charge on any atom is 0.326 e. The lowest BCUT2D eigenvalue weighted by atomic mass is 9.88. The van der Waals surface area contributed by atoms with Gasteiger partial charge in [-0.15, -0.1) is 0 Å². The molecule has 0 aliphatic heterocycles. The molecule has 0 saturated carbocycles. The molecule has 7 heteroatoms. The van der Waals surface area contributed by atoms with Crippen molar-refractivity contribution >= 4 is 17.8 Å². The highest BCUT2D eigenvalue weighted by Crippen LogP contribution is 2.21. The first-order chi connectivity index (χ1) is 11.6. The molecule has 2 atom stereocenters. The van der Waals surface area contributed by atoms with E-state index < -0.39 is 24.0 Å². The van der Waals surface area contributed by atoms with Gasteiger partial charge in [-0.25, -0.2) is 4.79 Å². The largest absolute Gasteiger partial charge is 0.480 e. The summed E-state index contributed by atoms with van der Waals surface area (Å²) in [5.74, 6) is -1.94. The van der Waals surface area contributed by atoms with E-state index in [0.29, 0.717) is 12.8 Å². The van der Waals surface area contributed by atoms with Gasteiger partial charge in [0.1, 0.15) is 12.1 Å². The normalized spacial score (nSPS) is 13.6. The molecule has 0 bridgehead atoms. The molecule has 2 unspecified atom stereocenters. The molecule has 0 spiro atoms. The van der Waals surface area contributed by atoms with Crippen LogP contribution in [0.15, 0.2) is 24.5 Å². The van der Waals surface area contributed by atoms with Crippen molar-refractivity contribution in [3.63, 3.8) is 0 Å². The van der Waals surface area contributed by atoms with Crippen molar-refractivity contribution in [2.24, 2.45) is 5.41 Å². The first-order valence-corrected chi connectivity index (χ1v) is 8.27. The number of amides is 2. The van der Waals surface area contributed by atoms with Crippen LogP contribution in [0.25, 0.3) is 0 Å². The maximum absolute atomic E-state index is 12.5. The Balaban J connectivity index is 2.80. The molecule has 1 heterocycles. The van der Waals surface area contributed by atoms with Gasteiger partial charge in [0.15, 0.2) is 0 Å². The number of aliphatic carboxylic acids is 1. The van der Waals surface area contributed by atoms with E-state index in [-0.39, 0.29) is 17.7 Å². The molecule has 3 N–H and O–H groups in total. The zero-order valence-electron chi connectivity index (χ0n) is 15.2. The predicted octanol–water partition coefficient (Wildman–Crippen LogP) is 1.52. The van der Waals surface area contributed by atoms with E-state index in [2.05, 4.69) is 15.6 Å². The van der Waals surface area contributed by atoms with Crippen molar-refractivity contribution in [1.82, 2.24) is 15.6 Å². The predicted molar refractivity (Wildman–Crippen MR) is 93.8 cm³/mol. The van der Waals surface area contributed by atoms with E-state index in [1.165, 1.54) is 6.92 Å². The Morgan fingerprint density at radius 1 is 1.12 bits per heavy atom. The van der Waals surface area contributed by atoms with Gasteiger partial charge in [-0.2, -0.15) is 0 Å². The number of hydrogen-bond acceptors (Lipinski definition) is 4. The summed E-state index contributed by atoms with van der Waals surface area (Å²) in [6.07, 6.45) is 4.44. The van der Waals surface area contributed by atoms with Crippen LogP contribution in [0.2, 0.25) is 0 Å². The average Bonchev–Trinajstić information content (AvgIpc) is 2.50. The lowest BCUT2D eigenvalue weighted by molar-refractivity contribution is -0.142. The van der Waals surface area contributed by atoms with Crippen LogP contribution < -0.4 is 10.6 Å². The molecular weight excluding hydrogens is 322 g/mol. The Bertz CT molecular complexity index is 596. The number of carbonyl (C=O) groups excluding carboxylic acids is 2. The second kappa shape index (κ2) is 9.15. The lowest BCUT2D eigenvalue weighted by Crippen LogP contribution is -2.52. The zero-order valence-corrected chi connectivity index (χ0v) is 15.2. The Morgan fingerprint density at radius 3 is 2.20 bits per heavy atom. The molecule has 1 aromatic rings. The summed E-state index contributed by atoms with van der Waals surface area (Å²) in [5, 5.41) is 14.5. The van der Waals surface area contributed by atoms with E-state index in [0.717, 1.165) is 5.56 Å². The third-order valence-corrected chi connectivity index (χ3v) is 3.68. The van der Waals surface area contributed by atoms with Crippen molar-refractivity contribution in [3.05, 3.63) is 30.1 Å².